The number of amides is 3. The molecule has 9 heteroatoms. The smallest absolute Gasteiger partial charge is 0.272 e. The summed E-state index contributed by atoms with van der Waals surface area (Å²) in [7, 11) is 1.53. The van der Waals surface area contributed by atoms with E-state index in [2.05, 4.69) is 16.0 Å². The quantitative estimate of drug-likeness (QED) is 0.165. The summed E-state index contributed by atoms with van der Waals surface area (Å²) in [6.07, 6.45) is 1.55. The fourth-order valence-electron chi connectivity index (χ4n) is 3.62. The third kappa shape index (κ3) is 8.05. The van der Waals surface area contributed by atoms with Crippen LogP contribution in [0.3, 0.4) is 0 Å². The molecule has 7 nitrogen and oxygen atoms in total. The van der Waals surface area contributed by atoms with Crippen LogP contribution < -0.4 is 20.7 Å². The van der Waals surface area contributed by atoms with Crippen LogP contribution in [0.2, 0.25) is 0 Å². The van der Waals surface area contributed by atoms with E-state index < -0.39 is 11.8 Å². The van der Waals surface area contributed by atoms with E-state index in [9.17, 15) is 18.8 Å². The zero-order valence-electron chi connectivity index (χ0n) is 21.5. The van der Waals surface area contributed by atoms with Gasteiger partial charge in [0, 0.05) is 27.4 Å². The largest absolute Gasteiger partial charge is 0.496 e. The molecule has 0 saturated carbocycles. The highest BCUT2D eigenvalue weighted by Gasteiger charge is 2.16. The number of benzene rings is 4. The van der Waals surface area contributed by atoms with Crippen LogP contribution in [0.5, 0.6) is 5.75 Å². The van der Waals surface area contributed by atoms with Crippen molar-refractivity contribution < 1.29 is 23.5 Å². The third-order valence-electron chi connectivity index (χ3n) is 5.56. The first-order valence-corrected chi connectivity index (χ1v) is 13.2. The zero-order valence-corrected chi connectivity index (χ0v) is 22.3. The van der Waals surface area contributed by atoms with Gasteiger partial charge in [0.05, 0.1) is 12.9 Å². The van der Waals surface area contributed by atoms with Gasteiger partial charge in [0.1, 0.15) is 17.3 Å². The summed E-state index contributed by atoms with van der Waals surface area (Å²) in [5, 5.41) is 8.24. The van der Waals surface area contributed by atoms with E-state index in [0.717, 1.165) is 4.90 Å². The fourth-order valence-corrected chi connectivity index (χ4v) is 4.38. The number of carbonyl (C=O) groups is 3. The van der Waals surface area contributed by atoms with Crippen LogP contribution >= 0.6 is 11.8 Å². The number of halogens is 1. The van der Waals surface area contributed by atoms with E-state index in [1.165, 1.54) is 43.1 Å². The molecule has 4 aromatic rings. The molecular formula is C31H26FN3O4S. The minimum Gasteiger partial charge on any atom is -0.496 e. The number of hydrogen-bond donors (Lipinski definition) is 3. The van der Waals surface area contributed by atoms with Crippen LogP contribution in [0.4, 0.5) is 15.8 Å². The first kappa shape index (κ1) is 28.1. The van der Waals surface area contributed by atoms with E-state index >= 15 is 0 Å². The third-order valence-corrected chi connectivity index (χ3v) is 6.55. The molecule has 0 atom stereocenters. The number of anilines is 2. The predicted molar refractivity (Wildman–Crippen MR) is 156 cm³/mol. The van der Waals surface area contributed by atoms with Gasteiger partial charge in [0.25, 0.3) is 11.8 Å². The highest BCUT2D eigenvalue weighted by atomic mass is 32.2. The molecule has 0 aliphatic carbocycles. The molecule has 0 fully saturated rings. The number of rotatable bonds is 10. The highest BCUT2D eigenvalue weighted by Crippen LogP contribution is 2.24. The minimum atomic E-state index is -0.536. The first-order valence-electron chi connectivity index (χ1n) is 12.2. The summed E-state index contributed by atoms with van der Waals surface area (Å²) in [5.74, 6) is -0.955. The second-order valence-electron chi connectivity index (χ2n) is 8.45. The molecule has 0 bridgehead atoms. The van der Waals surface area contributed by atoms with Gasteiger partial charge >= 0.3 is 0 Å². The van der Waals surface area contributed by atoms with Crippen molar-refractivity contribution in [2.24, 2.45) is 0 Å². The van der Waals surface area contributed by atoms with Gasteiger partial charge in [-0.25, -0.2) is 4.39 Å². The normalized spacial score (nSPS) is 10.9. The van der Waals surface area contributed by atoms with Crippen molar-refractivity contribution in [1.29, 1.82) is 0 Å². The van der Waals surface area contributed by atoms with Crippen molar-refractivity contribution in [2.75, 3.05) is 23.5 Å². The van der Waals surface area contributed by atoms with Gasteiger partial charge in [0.2, 0.25) is 5.91 Å². The molecule has 0 aliphatic heterocycles. The second kappa shape index (κ2) is 13.8. The lowest BCUT2D eigenvalue weighted by molar-refractivity contribution is -0.114. The van der Waals surface area contributed by atoms with Crippen molar-refractivity contribution in [3.05, 3.63) is 126 Å². The standard InChI is InChI=1S/C31H26FN3O4S/c1-39-28-13-6-5-10-22(28)18-27(35-30(37)21-8-3-2-4-9-21)31(38)34-25-11-7-12-26(19-25)40-20-29(36)33-24-16-14-23(32)15-17-24/h2-19H,20H2,1H3,(H,33,36)(H,34,38)(H,35,37)/b27-18+. The Labute approximate surface area is 235 Å². The number of para-hydroxylation sites is 1. The molecule has 4 aromatic carbocycles. The summed E-state index contributed by atoms with van der Waals surface area (Å²) < 4.78 is 18.5. The zero-order chi connectivity index (χ0) is 28.3. The summed E-state index contributed by atoms with van der Waals surface area (Å²) in [6.45, 7) is 0. The van der Waals surface area contributed by atoms with Gasteiger partial charge in [0.15, 0.2) is 0 Å². The SMILES string of the molecule is COc1ccccc1/C=C(/NC(=O)c1ccccc1)C(=O)Nc1cccc(SCC(=O)Nc2ccc(F)cc2)c1. The first-order chi connectivity index (χ1) is 19.4. The van der Waals surface area contributed by atoms with Gasteiger partial charge in [-0.15, -0.1) is 11.8 Å². The van der Waals surface area contributed by atoms with Crippen molar-refractivity contribution >= 4 is 46.9 Å². The fraction of sp³-hybridized carbons (Fsp3) is 0.0645. The van der Waals surface area contributed by atoms with Crippen LogP contribution in [0.15, 0.2) is 114 Å². The van der Waals surface area contributed by atoms with Gasteiger partial charge in [-0.2, -0.15) is 0 Å². The maximum Gasteiger partial charge on any atom is 0.272 e. The Bertz CT molecular complexity index is 1530. The molecule has 4 rings (SSSR count). The molecule has 3 amide bonds. The molecule has 0 saturated heterocycles. The number of nitrogens with one attached hydrogen (secondary N) is 3. The molecular weight excluding hydrogens is 529 g/mol. The molecule has 0 spiro atoms. The van der Waals surface area contributed by atoms with Crippen LogP contribution in [-0.4, -0.2) is 30.6 Å². The van der Waals surface area contributed by atoms with Crippen molar-refractivity contribution in [1.82, 2.24) is 5.32 Å². The second-order valence-corrected chi connectivity index (χ2v) is 9.49. The van der Waals surface area contributed by atoms with Crippen LogP contribution in [0, 0.1) is 5.82 Å². The van der Waals surface area contributed by atoms with Crippen molar-refractivity contribution in [3.8, 4) is 5.75 Å². The Morgan fingerprint density at radius 2 is 1.55 bits per heavy atom. The Kier molecular flexibility index (Phi) is 9.68. The van der Waals surface area contributed by atoms with Crippen molar-refractivity contribution in [2.45, 2.75) is 4.90 Å². The summed E-state index contributed by atoms with van der Waals surface area (Å²) in [6, 6.07) is 28.2. The van der Waals surface area contributed by atoms with Gasteiger partial charge in [-0.1, -0.05) is 42.5 Å². The van der Waals surface area contributed by atoms with E-state index in [1.807, 2.05) is 12.1 Å². The maximum atomic E-state index is 13.4. The molecule has 0 aliphatic rings. The molecule has 40 heavy (non-hydrogen) atoms. The van der Waals surface area contributed by atoms with Crippen LogP contribution in [0.25, 0.3) is 6.08 Å². The number of hydrogen-bond acceptors (Lipinski definition) is 5. The number of thioether (sulfide) groups is 1. The minimum absolute atomic E-state index is 0.0232. The van der Waals surface area contributed by atoms with E-state index in [-0.39, 0.29) is 23.2 Å². The van der Waals surface area contributed by atoms with Crippen LogP contribution in [0.1, 0.15) is 15.9 Å². The lowest BCUT2D eigenvalue weighted by atomic mass is 10.1. The number of carbonyl (C=O) groups excluding carboxylic acids is 3. The summed E-state index contributed by atoms with van der Waals surface area (Å²) in [5.41, 5.74) is 2.02. The Hall–Kier alpha value is -4.89. The van der Waals surface area contributed by atoms with Crippen molar-refractivity contribution in [3.63, 3.8) is 0 Å². The molecule has 0 unspecified atom stereocenters. The predicted octanol–water partition coefficient (Wildman–Crippen LogP) is 5.97. The average molecular weight is 556 g/mol. The topological polar surface area (TPSA) is 96.5 Å². The van der Waals surface area contributed by atoms with Gasteiger partial charge in [-0.3, -0.25) is 14.4 Å². The number of methoxy groups -OCH3 is 1. The van der Waals surface area contributed by atoms with Gasteiger partial charge in [-0.05, 0) is 66.7 Å². The summed E-state index contributed by atoms with van der Waals surface area (Å²) >= 11 is 1.28. The summed E-state index contributed by atoms with van der Waals surface area (Å²) in [4.78, 5) is 39.3. The monoisotopic (exact) mass is 555 g/mol. The molecule has 0 aromatic heterocycles. The average Bonchev–Trinajstić information content (AvgIpc) is 2.98. The number of ether oxygens (including phenoxy) is 1. The molecule has 3 N–H and O–H groups in total. The lowest BCUT2D eigenvalue weighted by Gasteiger charge is -2.13. The maximum absolute atomic E-state index is 13.4. The van der Waals surface area contributed by atoms with E-state index in [4.69, 9.17) is 4.74 Å². The Morgan fingerprint density at radius 1 is 0.825 bits per heavy atom. The Morgan fingerprint density at radius 3 is 2.30 bits per heavy atom. The highest BCUT2D eigenvalue weighted by molar-refractivity contribution is 8.00. The lowest BCUT2D eigenvalue weighted by Crippen LogP contribution is -2.30. The van der Waals surface area contributed by atoms with E-state index in [1.54, 1.807) is 72.8 Å². The van der Waals surface area contributed by atoms with Crippen LogP contribution in [-0.2, 0) is 9.59 Å². The molecule has 202 valence electrons. The Balaban J connectivity index is 1.47. The molecule has 0 heterocycles. The van der Waals surface area contributed by atoms with E-state index in [0.29, 0.717) is 28.3 Å². The molecule has 0 radical (unpaired) electrons. The van der Waals surface area contributed by atoms with Gasteiger partial charge < -0.3 is 20.7 Å².